The Morgan fingerprint density at radius 2 is 0.837 bits per heavy atom. The Hall–Kier alpha value is -5.14. The van der Waals surface area contributed by atoms with E-state index in [4.69, 9.17) is 9.47 Å². The molecule has 14 heteroatoms. The second kappa shape index (κ2) is 12.4. The molecule has 0 atom stereocenters. The van der Waals surface area contributed by atoms with Crippen molar-refractivity contribution in [1.29, 1.82) is 0 Å². The summed E-state index contributed by atoms with van der Waals surface area (Å²) in [7, 11) is 0. The van der Waals surface area contributed by atoms with Gasteiger partial charge in [0.2, 0.25) is 0 Å². The molecule has 43 heavy (non-hydrogen) atoms. The first kappa shape index (κ1) is 30.8. The minimum Gasteiger partial charge on any atom is -0.426 e. The molecule has 6 nitrogen and oxygen atoms in total. The Labute approximate surface area is 237 Å². The van der Waals surface area contributed by atoms with Crippen molar-refractivity contribution in [1.82, 2.24) is 0 Å². The van der Waals surface area contributed by atoms with Crippen LogP contribution < -0.4 is 18.9 Å². The maximum atomic E-state index is 14.0. The number of carbonyl (C=O) groups excluding carboxylic acids is 2. The van der Waals surface area contributed by atoms with Crippen molar-refractivity contribution in [3.63, 3.8) is 0 Å². The smallest absolute Gasteiger partial charge is 0.426 e. The predicted octanol–water partition coefficient (Wildman–Crippen LogP) is 8.00. The summed E-state index contributed by atoms with van der Waals surface area (Å²) < 4.78 is 119. The van der Waals surface area contributed by atoms with E-state index in [0.29, 0.717) is 11.1 Å². The fourth-order valence-electron chi connectivity index (χ4n) is 3.66. The van der Waals surface area contributed by atoms with Crippen LogP contribution in [0.3, 0.4) is 0 Å². The third kappa shape index (κ3) is 8.92. The van der Waals surface area contributed by atoms with Crippen LogP contribution in [0.2, 0.25) is 0 Å². The summed E-state index contributed by atoms with van der Waals surface area (Å²) in [4.78, 5) is 24.3. The summed E-state index contributed by atoms with van der Waals surface area (Å²) in [6, 6.07) is 16.6. The summed E-state index contributed by atoms with van der Waals surface area (Å²) >= 11 is 0. The number of hydrogen-bond acceptors (Lipinski definition) is 6. The highest BCUT2D eigenvalue weighted by atomic mass is 19.4. The summed E-state index contributed by atoms with van der Waals surface area (Å²) in [5, 5.41) is 0. The highest BCUT2D eigenvalue weighted by molar-refractivity contribution is 5.93. The van der Waals surface area contributed by atoms with Gasteiger partial charge in [0.25, 0.3) is 0 Å². The molecule has 0 fully saturated rings. The number of halogens is 8. The van der Waals surface area contributed by atoms with E-state index in [0.717, 1.165) is 24.3 Å². The lowest BCUT2D eigenvalue weighted by Gasteiger charge is -2.11. The van der Waals surface area contributed by atoms with Gasteiger partial charge in [0.05, 0.1) is 0 Å². The molecular formula is C29H16F8O6. The Bertz CT molecular complexity index is 1490. The van der Waals surface area contributed by atoms with Gasteiger partial charge >= 0.3 is 24.7 Å². The first-order chi connectivity index (χ1) is 20.1. The Kier molecular flexibility index (Phi) is 8.88. The summed E-state index contributed by atoms with van der Waals surface area (Å²) in [6.07, 6.45) is -10.9. The van der Waals surface area contributed by atoms with Crippen LogP contribution in [0.1, 0.15) is 6.42 Å². The summed E-state index contributed by atoms with van der Waals surface area (Å²) in [5.41, 5.74) is 1.20. The zero-order chi connectivity index (χ0) is 31.4. The highest BCUT2D eigenvalue weighted by Crippen LogP contribution is 2.32. The predicted molar refractivity (Wildman–Crippen MR) is 133 cm³/mol. The largest absolute Gasteiger partial charge is 0.573 e. The first-order valence-corrected chi connectivity index (χ1v) is 11.9. The number of alkyl halides is 6. The molecule has 0 unspecified atom stereocenters. The van der Waals surface area contributed by atoms with Gasteiger partial charge in [-0.25, -0.2) is 8.78 Å². The minimum absolute atomic E-state index is 0.0160. The Morgan fingerprint density at radius 3 is 1.14 bits per heavy atom. The van der Waals surface area contributed by atoms with E-state index in [-0.39, 0.29) is 22.6 Å². The Balaban J connectivity index is 1.30. The molecular weight excluding hydrogens is 596 g/mol. The maximum Gasteiger partial charge on any atom is 0.573 e. The van der Waals surface area contributed by atoms with Crippen LogP contribution in [-0.4, -0.2) is 24.7 Å². The van der Waals surface area contributed by atoms with E-state index in [1.165, 1.54) is 60.7 Å². The van der Waals surface area contributed by atoms with Crippen LogP contribution in [0.5, 0.6) is 23.0 Å². The molecule has 0 aliphatic heterocycles. The van der Waals surface area contributed by atoms with Gasteiger partial charge in [0, 0.05) is 0 Å². The zero-order valence-electron chi connectivity index (χ0n) is 21.3. The van der Waals surface area contributed by atoms with Crippen LogP contribution in [0.4, 0.5) is 35.1 Å². The number of esters is 2. The minimum atomic E-state index is -5.05. The number of rotatable bonds is 8. The van der Waals surface area contributed by atoms with Crippen LogP contribution in [0.25, 0.3) is 22.3 Å². The molecule has 0 aromatic heterocycles. The van der Waals surface area contributed by atoms with E-state index < -0.39 is 54.2 Å². The van der Waals surface area contributed by atoms with Gasteiger partial charge in [-0.05, 0) is 70.8 Å². The number of ether oxygens (including phenoxy) is 4. The van der Waals surface area contributed by atoms with Crippen molar-refractivity contribution in [2.75, 3.05) is 0 Å². The second-order valence-electron chi connectivity index (χ2n) is 8.56. The van der Waals surface area contributed by atoms with Crippen molar-refractivity contribution in [3.05, 3.63) is 96.6 Å². The van der Waals surface area contributed by atoms with Crippen molar-refractivity contribution in [2.24, 2.45) is 0 Å². The third-order valence-electron chi connectivity index (χ3n) is 5.44. The van der Waals surface area contributed by atoms with E-state index in [1.54, 1.807) is 0 Å². The molecule has 0 amide bonds. The van der Waals surface area contributed by atoms with Gasteiger partial charge in [0.1, 0.15) is 17.9 Å². The summed E-state index contributed by atoms with van der Waals surface area (Å²) in [6.45, 7) is 0. The Morgan fingerprint density at radius 1 is 0.512 bits per heavy atom. The van der Waals surface area contributed by atoms with Gasteiger partial charge in [-0.3, -0.25) is 9.59 Å². The van der Waals surface area contributed by atoms with Crippen LogP contribution in [-0.2, 0) is 9.59 Å². The molecule has 0 spiro atoms. The number of carbonyl (C=O) groups is 2. The second-order valence-corrected chi connectivity index (χ2v) is 8.56. The topological polar surface area (TPSA) is 71.1 Å². The third-order valence-corrected chi connectivity index (χ3v) is 5.44. The van der Waals surface area contributed by atoms with Crippen molar-refractivity contribution < 1.29 is 63.7 Å². The van der Waals surface area contributed by atoms with Crippen molar-refractivity contribution >= 4 is 11.9 Å². The molecule has 4 aromatic rings. The van der Waals surface area contributed by atoms with E-state index in [9.17, 15) is 44.7 Å². The van der Waals surface area contributed by atoms with Crippen LogP contribution in [0, 0.1) is 11.6 Å². The average Bonchev–Trinajstić information content (AvgIpc) is 2.90. The van der Waals surface area contributed by atoms with Crippen molar-refractivity contribution in [2.45, 2.75) is 19.1 Å². The summed E-state index contributed by atoms with van der Waals surface area (Å²) in [5.74, 6) is -6.38. The van der Waals surface area contributed by atoms with Gasteiger partial charge in [-0.1, -0.05) is 36.4 Å². The lowest BCUT2D eigenvalue weighted by Crippen LogP contribution is -2.18. The first-order valence-electron chi connectivity index (χ1n) is 11.9. The van der Waals surface area contributed by atoms with Gasteiger partial charge in [-0.15, -0.1) is 26.3 Å². The quantitative estimate of drug-likeness (QED) is 0.0870. The van der Waals surface area contributed by atoms with E-state index in [1.807, 2.05) is 0 Å². The average molecular weight is 612 g/mol. The lowest BCUT2D eigenvalue weighted by atomic mass is 10.1. The van der Waals surface area contributed by atoms with E-state index >= 15 is 0 Å². The molecule has 4 aromatic carbocycles. The number of hydrogen-bond donors (Lipinski definition) is 0. The molecule has 0 aliphatic rings. The molecule has 0 heterocycles. The fourth-order valence-corrected chi connectivity index (χ4v) is 3.66. The molecule has 0 N–H and O–H groups in total. The SMILES string of the molecule is O=C(CC(=O)Oc1ccc(-c2ccc(OC(F)(F)F)c(F)c2)cc1)Oc1ccc(-c2ccc(OC(F)(F)F)c(F)c2)cc1. The standard InChI is InChI=1S/C29H16F8O6/c30-22-13-18(5-11-24(22)42-28(32,33)34)16-1-7-20(8-2-16)40-26(38)15-27(39)41-21-9-3-17(4-10-21)19-6-12-25(23(31)14-19)43-29(35,36)37/h1-14H,15H2. The van der Waals surface area contributed by atoms with Crippen molar-refractivity contribution in [3.8, 4) is 45.3 Å². The zero-order valence-corrected chi connectivity index (χ0v) is 21.3. The monoisotopic (exact) mass is 612 g/mol. The van der Waals surface area contributed by atoms with Gasteiger partial charge in [0.15, 0.2) is 23.1 Å². The fraction of sp³-hybridized carbons (Fsp3) is 0.103. The molecule has 0 aliphatic carbocycles. The maximum absolute atomic E-state index is 14.0. The molecule has 224 valence electrons. The van der Waals surface area contributed by atoms with Crippen LogP contribution >= 0.6 is 0 Å². The molecule has 0 saturated carbocycles. The molecule has 0 bridgehead atoms. The van der Waals surface area contributed by atoms with E-state index in [2.05, 4.69) is 9.47 Å². The lowest BCUT2D eigenvalue weighted by molar-refractivity contribution is -0.276. The molecule has 0 radical (unpaired) electrons. The molecule has 4 rings (SSSR count). The normalized spacial score (nSPS) is 11.5. The van der Waals surface area contributed by atoms with Crippen LogP contribution in [0.15, 0.2) is 84.9 Å². The number of benzene rings is 4. The highest BCUT2D eigenvalue weighted by Gasteiger charge is 2.33. The van der Waals surface area contributed by atoms with Gasteiger partial charge < -0.3 is 18.9 Å². The molecule has 0 saturated heterocycles. The van der Waals surface area contributed by atoms with Gasteiger partial charge in [-0.2, -0.15) is 0 Å².